The number of halogens is 2. The van der Waals surface area contributed by atoms with Gasteiger partial charge >= 0.3 is 0 Å². The van der Waals surface area contributed by atoms with Crippen LogP contribution in [0.3, 0.4) is 0 Å². The lowest BCUT2D eigenvalue weighted by Gasteiger charge is -2.34. The van der Waals surface area contributed by atoms with Crippen molar-refractivity contribution in [2.75, 3.05) is 69.4 Å². The Balaban J connectivity index is 1.43. The standard InChI is InChI=1S/C28H31ClFN9O/c1-37(2)11-5-8-23(40)31-19-7-4-6-18(16-19)25-24-26(29)35-36-27(24)34-28(33-25)32-20-9-10-21(30)22(17-20)39-14-12-38(3)13-15-39/h4-10,16-17H,11-15H2,1-3H3,(H,31,40)(H2,32,33,34,35,36)/b8-5+. The van der Waals surface area contributed by atoms with Gasteiger partial charge in [-0.15, -0.1) is 0 Å². The number of benzene rings is 2. The molecule has 1 fully saturated rings. The number of carbonyl (C=O) groups is 1. The Labute approximate surface area is 236 Å². The summed E-state index contributed by atoms with van der Waals surface area (Å²) in [5.74, 6) is -0.217. The van der Waals surface area contributed by atoms with Gasteiger partial charge < -0.3 is 25.3 Å². The van der Waals surface area contributed by atoms with Crippen LogP contribution in [-0.2, 0) is 4.79 Å². The van der Waals surface area contributed by atoms with E-state index in [9.17, 15) is 9.18 Å². The topological polar surface area (TPSA) is 105 Å². The number of piperazine rings is 1. The highest BCUT2D eigenvalue weighted by Crippen LogP contribution is 2.33. The van der Waals surface area contributed by atoms with Crippen molar-refractivity contribution in [1.82, 2.24) is 30.0 Å². The number of hydrogen-bond donors (Lipinski definition) is 3. The van der Waals surface area contributed by atoms with Crippen LogP contribution < -0.4 is 15.5 Å². The van der Waals surface area contributed by atoms with Gasteiger partial charge in [0.2, 0.25) is 11.9 Å². The molecule has 12 heteroatoms. The van der Waals surface area contributed by atoms with E-state index in [1.807, 2.05) is 42.1 Å². The summed E-state index contributed by atoms with van der Waals surface area (Å²) in [7, 11) is 5.92. The third kappa shape index (κ3) is 6.39. The van der Waals surface area contributed by atoms with Crippen LogP contribution in [0.4, 0.5) is 27.4 Å². The number of nitrogens with zero attached hydrogens (tertiary/aromatic N) is 6. The van der Waals surface area contributed by atoms with E-state index in [4.69, 9.17) is 16.6 Å². The fourth-order valence-electron chi connectivity index (χ4n) is 4.47. The maximum Gasteiger partial charge on any atom is 0.248 e. The lowest BCUT2D eigenvalue weighted by atomic mass is 10.1. The molecule has 5 rings (SSSR count). The quantitative estimate of drug-likeness (QED) is 0.272. The van der Waals surface area contributed by atoms with E-state index in [1.165, 1.54) is 12.1 Å². The van der Waals surface area contributed by atoms with Crippen LogP contribution in [0.1, 0.15) is 0 Å². The molecule has 0 saturated carbocycles. The van der Waals surface area contributed by atoms with Gasteiger partial charge in [0, 0.05) is 55.7 Å². The van der Waals surface area contributed by atoms with Crippen molar-refractivity contribution in [1.29, 1.82) is 0 Å². The van der Waals surface area contributed by atoms with Crippen molar-refractivity contribution in [2.45, 2.75) is 0 Å². The monoisotopic (exact) mass is 563 g/mol. The zero-order chi connectivity index (χ0) is 28.2. The van der Waals surface area contributed by atoms with Crippen molar-refractivity contribution in [3.05, 3.63) is 65.6 Å². The molecule has 10 nitrogen and oxygen atoms in total. The van der Waals surface area contributed by atoms with Gasteiger partial charge in [-0.05, 0) is 51.5 Å². The summed E-state index contributed by atoms with van der Waals surface area (Å²) in [4.78, 5) is 27.9. The number of fused-ring (bicyclic) bond motifs is 1. The molecule has 3 heterocycles. The average Bonchev–Trinajstić information content (AvgIpc) is 3.30. The third-order valence-corrected chi connectivity index (χ3v) is 6.84. The first-order valence-corrected chi connectivity index (χ1v) is 13.3. The van der Waals surface area contributed by atoms with Gasteiger partial charge in [0.1, 0.15) is 5.82 Å². The van der Waals surface area contributed by atoms with Gasteiger partial charge in [0.15, 0.2) is 10.8 Å². The molecule has 0 spiro atoms. The highest BCUT2D eigenvalue weighted by atomic mass is 35.5. The molecule has 1 aliphatic heterocycles. The van der Waals surface area contributed by atoms with Crippen molar-refractivity contribution in [3.8, 4) is 11.3 Å². The van der Waals surface area contributed by atoms with E-state index in [-0.39, 0.29) is 16.9 Å². The Morgan fingerprint density at radius 2 is 1.93 bits per heavy atom. The van der Waals surface area contributed by atoms with Gasteiger partial charge in [-0.25, -0.2) is 9.37 Å². The number of nitrogens with one attached hydrogen (secondary N) is 3. The Bertz CT molecular complexity index is 1550. The summed E-state index contributed by atoms with van der Waals surface area (Å²) >= 11 is 6.41. The molecular weight excluding hydrogens is 533 g/mol. The lowest BCUT2D eigenvalue weighted by Crippen LogP contribution is -2.44. The molecule has 3 N–H and O–H groups in total. The maximum atomic E-state index is 14.7. The highest BCUT2D eigenvalue weighted by molar-refractivity contribution is 6.35. The second-order valence-corrected chi connectivity index (χ2v) is 10.3. The molecule has 208 valence electrons. The van der Waals surface area contributed by atoms with E-state index in [0.717, 1.165) is 26.2 Å². The van der Waals surface area contributed by atoms with Crippen molar-refractivity contribution < 1.29 is 9.18 Å². The summed E-state index contributed by atoms with van der Waals surface area (Å²) in [5.41, 5.74) is 3.48. The molecule has 0 radical (unpaired) electrons. The van der Waals surface area contributed by atoms with Crippen LogP contribution in [0.5, 0.6) is 0 Å². The van der Waals surface area contributed by atoms with Crippen LogP contribution in [-0.4, -0.2) is 89.7 Å². The van der Waals surface area contributed by atoms with E-state index >= 15 is 0 Å². The number of aromatic amines is 1. The largest absolute Gasteiger partial charge is 0.367 e. The first-order valence-electron chi connectivity index (χ1n) is 12.9. The van der Waals surface area contributed by atoms with Crippen molar-refractivity contribution in [2.24, 2.45) is 0 Å². The number of H-pyrrole nitrogens is 1. The normalized spacial score (nSPS) is 14.4. The maximum absolute atomic E-state index is 14.7. The molecule has 0 atom stereocenters. The van der Waals surface area contributed by atoms with Crippen LogP contribution in [0.2, 0.25) is 5.15 Å². The number of amides is 1. The minimum absolute atomic E-state index is 0.233. The number of carbonyl (C=O) groups excluding carboxylic acids is 1. The Morgan fingerprint density at radius 3 is 2.70 bits per heavy atom. The molecule has 2 aromatic carbocycles. The van der Waals surface area contributed by atoms with Gasteiger partial charge in [-0.1, -0.05) is 29.8 Å². The van der Waals surface area contributed by atoms with E-state index in [1.54, 1.807) is 24.3 Å². The van der Waals surface area contributed by atoms with Gasteiger partial charge in [-0.3, -0.25) is 9.89 Å². The van der Waals surface area contributed by atoms with Crippen molar-refractivity contribution >= 4 is 51.6 Å². The second-order valence-electron chi connectivity index (χ2n) is 9.95. The van der Waals surface area contributed by atoms with Crippen LogP contribution >= 0.6 is 11.6 Å². The summed E-state index contributed by atoms with van der Waals surface area (Å²) in [6.45, 7) is 3.88. The molecular formula is C28H31ClFN9O. The van der Waals surface area contributed by atoms with E-state index in [2.05, 4.69) is 37.8 Å². The summed E-state index contributed by atoms with van der Waals surface area (Å²) in [5, 5.41) is 13.8. The van der Waals surface area contributed by atoms with Gasteiger partial charge in [0.25, 0.3) is 0 Å². The summed E-state index contributed by atoms with van der Waals surface area (Å²) in [6.07, 6.45) is 3.30. The van der Waals surface area contributed by atoms with Crippen molar-refractivity contribution in [3.63, 3.8) is 0 Å². The molecule has 0 aliphatic carbocycles. The summed E-state index contributed by atoms with van der Waals surface area (Å²) < 4.78 is 14.7. The number of anilines is 4. The Morgan fingerprint density at radius 1 is 1.12 bits per heavy atom. The number of hydrogen-bond acceptors (Lipinski definition) is 8. The predicted molar refractivity (Wildman–Crippen MR) is 158 cm³/mol. The Kier molecular flexibility index (Phi) is 8.24. The minimum Gasteiger partial charge on any atom is -0.367 e. The van der Waals surface area contributed by atoms with E-state index in [0.29, 0.717) is 51.8 Å². The first-order chi connectivity index (χ1) is 19.3. The number of rotatable bonds is 8. The number of likely N-dealkylation sites (N-methyl/N-ethyl adjacent to an activating group) is 2. The zero-order valence-corrected chi connectivity index (χ0v) is 23.3. The third-order valence-electron chi connectivity index (χ3n) is 6.56. The smallest absolute Gasteiger partial charge is 0.248 e. The Hall–Kier alpha value is -4.06. The highest BCUT2D eigenvalue weighted by Gasteiger charge is 2.19. The first kappa shape index (κ1) is 27.5. The molecule has 0 bridgehead atoms. The van der Waals surface area contributed by atoms with E-state index < -0.39 is 0 Å². The fourth-order valence-corrected chi connectivity index (χ4v) is 4.69. The molecule has 1 aliphatic rings. The predicted octanol–water partition coefficient (Wildman–Crippen LogP) is 4.36. The van der Waals surface area contributed by atoms with Crippen LogP contribution in [0, 0.1) is 5.82 Å². The second kappa shape index (κ2) is 12.0. The number of aromatic nitrogens is 4. The van der Waals surface area contributed by atoms with Gasteiger partial charge in [-0.2, -0.15) is 10.1 Å². The lowest BCUT2D eigenvalue weighted by molar-refractivity contribution is -0.111. The zero-order valence-electron chi connectivity index (χ0n) is 22.6. The van der Waals surface area contributed by atoms with Gasteiger partial charge in [0.05, 0.1) is 16.8 Å². The molecule has 4 aromatic rings. The molecule has 1 amide bonds. The molecule has 0 unspecified atom stereocenters. The average molecular weight is 564 g/mol. The SMILES string of the molecule is CN(C)C/C=C/C(=O)Nc1cccc(-c2nc(Nc3ccc(F)c(N4CCN(C)CC4)c3)nc3[nH]nc(Cl)c23)c1. The van der Waals surface area contributed by atoms with Crippen LogP contribution in [0.25, 0.3) is 22.3 Å². The molecule has 2 aromatic heterocycles. The fraction of sp³-hybridized carbons (Fsp3) is 0.286. The minimum atomic E-state index is -0.275. The molecule has 40 heavy (non-hydrogen) atoms. The summed E-state index contributed by atoms with van der Waals surface area (Å²) in [6, 6.07) is 12.2. The van der Waals surface area contributed by atoms with Crippen LogP contribution in [0.15, 0.2) is 54.6 Å². The molecule has 1 saturated heterocycles.